The second-order valence-corrected chi connectivity index (χ2v) is 4.53. The van der Waals surface area contributed by atoms with Crippen molar-refractivity contribution in [1.82, 2.24) is 9.88 Å². The zero-order chi connectivity index (χ0) is 13.8. The molecular weight excluding hydrogens is 252 g/mol. The van der Waals surface area contributed by atoms with Crippen molar-refractivity contribution in [2.45, 2.75) is 13.2 Å². The third-order valence-electron chi connectivity index (χ3n) is 3.12. The summed E-state index contributed by atoms with van der Waals surface area (Å²) in [5.74, 6) is 0. The van der Waals surface area contributed by atoms with Crippen LogP contribution >= 0.6 is 0 Å². The van der Waals surface area contributed by atoms with Crippen LogP contribution in [0.3, 0.4) is 0 Å². The number of ether oxygens (including phenoxy) is 1. The minimum absolute atomic E-state index is 0.282. The predicted octanol–water partition coefficient (Wildman–Crippen LogP) is 3.20. The van der Waals surface area contributed by atoms with Crippen molar-refractivity contribution < 1.29 is 9.53 Å². The summed E-state index contributed by atoms with van der Waals surface area (Å²) in [6.45, 7) is 0.775. The van der Waals surface area contributed by atoms with E-state index in [-0.39, 0.29) is 12.7 Å². The molecule has 0 atom stereocenters. The Balaban J connectivity index is 1.62. The van der Waals surface area contributed by atoms with Gasteiger partial charge in [-0.05, 0) is 23.3 Å². The second kappa shape index (κ2) is 5.57. The van der Waals surface area contributed by atoms with Gasteiger partial charge >= 0.3 is 6.09 Å². The molecule has 0 bridgehead atoms. The molecule has 1 aliphatic heterocycles. The molecule has 100 valence electrons. The molecule has 4 nitrogen and oxygen atoms in total. The maximum absolute atomic E-state index is 12.0. The number of hydrogen-bond acceptors (Lipinski definition) is 3. The Hall–Kier alpha value is -2.62. The first-order chi connectivity index (χ1) is 9.83. The van der Waals surface area contributed by atoms with E-state index in [9.17, 15) is 4.79 Å². The summed E-state index contributed by atoms with van der Waals surface area (Å²) in [5.41, 5.74) is 2.90. The van der Waals surface area contributed by atoms with Crippen LogP contribution < -0.4 is 0 Å². The first-order valence-electron chi connectivity index (χ1n) is 6.42. The van der Waals surface area contributed by atoms with Gasteiger partial charge in [0, 0.05) is 12.4 Å². The molecule has 4 heteroatoms. The highest BCUT2D eigenvalue weighted by Gasteiger charge is 2.18. The summed E-state index contributed by atoms with van der Waals surface area (Å²) in [6, 6.07) is 13.5. The number of fused-ring (bicyclic) bond motifs is 1. The van der Waals surface area contributed by atoms with Crippen molar-refractivity contribution in [3.05, 3.63) is 71.7 Å². The number of hydrogen-bond donors (Lipinski definition) is 0. The molecule has 1 aliphatic rings. The first kappa shape index (κ1) is 12.4. The summed E-state index contributed by atoms with van der Waals surface area (Å²) in [4.78, 5) is 17.8. The number of carbonyl (C=O) groups excluding carboxylic acids is 1. The number of pyridine rings is 1. The summed E-state index contributed by atoms with van der Waals surface area (Å²) < 4.78 is 5.30. The van der Waals surface area contributed by atoms with Gasteiger partial charge in [0.2, 0.25) is 0 Å². The van der Waals surface area contributed by atoms with Crippen LogP contribution in [0.25, 0.3) is 6.08 Å². The molecule has 0 radical (unpaired) electrons. The fraction of sp³-hybridized carbons (Fsp3) is 0.125. The van der Waals surface area contributed by atoms with Crippen LogP contribution in [0, 0.1) is 0 Å². The van der Waals surface area contributed by atoms with Crippen molar-refractivity contribution in [1.29, 1.82) is 0 Å². The average Bonchev–Trinajstić information content (AvgIpc) is 2.53. The zero-order valence-electron chi connectivity index (χ0n) is 10.9. The van der Waals surface area contributed by atoms with E-state index in [2.05, 4.69) is 4.98 Å². The van der Waals surface area contributed by atoms with Gasteiger partial charge in [0.1, 0.15) is 6.61 Å². The van der Waals surface area contributed by atoms with Gasteiger partial charge in [-0.15, -0.1) is 0 Å². The van der Waals surface area contributed by atoms with Crippen molar-refractivity contribution in [3.63, 3.8) is 0 Å². The maximum Gasteiger partial charge on any atom is 0.414 e. The lowest BCUT2D eigenvalue weighted by Crippen LogP contribution is -2.28. The Bertz CT molecular complexity index is 638. The number of rotatable bonds is 2. The highest BCUT2D eigenvalue weighted by atomic mass is 16.6. The molecule has 0 fully saturated rings. The smallest absolute Gasteiger partial charge is 0.414 e. The third-order valence-corrected chi connectivity index (χ3v) is 3.12. The number of benzene rings is 1. The molecular formula is C16H14N2O2. The van der Waals surface area contributed by atoms with Crippen molar-refractivity contribution in [2.75, 3.05) is 0 Å². The Morgan fingerprint density at radius 1 is 1.20 bits per heavy atom. The lowest BCUT2D eigenvalue weighted by atomic mass is 10.1. The maximum atomic E-state index is 12.0. The largest absolute Gasteiger partial charge is 0.444 e. The molecule has 0 aliphatic carbocycles. The van der Waals surface area contributed by atoms with Crippen molar-refractivity contribution >= 4 is 12.2 Å². The van der Waals surface area contributed by atoms with Crippen LogP contribution in [0.4, 0.5) is 4.79 Å². The minimum Gasteiger partial charge on any atom is -0.444 e. The van der Waals surface area contributed by atoms with Gasteiger partial charge < -0.3 is 4.74 Å². The van der Waals surface area contributed by atoms with E-state index in [1.54, 1.807) is 17.3 Å². The van der Waals surface area contributed by atoms with Crippen LogP contribution in [0.5, 0.6) is 0 Å². The monoisotopic (exact) mass is 266 g/mol. The Kier molecular flexibility index (Phi) is 3.46. The Morgan fingerprint density at radius 2 is 2.05 bits per heavy atom. The van der Waals surface area contributed by atoms with Crippen LogP contribution in [0.1, 0.15) is 16.8 Å². The summed E-state index contributed by atoms with van der Waals surface area (Å²) in [6.07, 6.45) is 4.93. The van der Waals surface area contributed by atoms with Gasteiger partial charge in [-0.1, -0.05) is 36.4 Å². The van der Waals surface area contributed by atoms with Gasteiger partial charge in [0.25, 0.3) is 0 Å². The van der Waals surface area contributed by atoms with Gasteiger partial charge in [-0.25, -0.2) is 4.79 Å². The summed E-state index contributed by atoms with van der Waals surface area (Å²) in [5, 5.41) is 0. The predicted molar refractivity (Wildman–Crippen MR) is 75.4 cm³/mol. The molecule has 3 rings (SSSR count). The third kappa shape index (κ3) is 2.69. The van der Waals surface area contributed by atoms with E-state index in [0.29, 0.717) is 6.54 Å². The molecule has 1 amide bonds. The molecule has 0 saturated carbocycles. The molecule has 2 aromatic rings. The lowest BCUT2D eigenvalue weighted by Gasteiger charge is -2.22. The van der Waals surface area contributed by atoms with Gasteiger partial charge in [0.15, 0.2) is 0 Å². The molecule has 0 spiro atoms. The van der Waals surface area contributed by atoms with E-state index in [4.69, 9.17) is 4.74 Å². The van der Waals surface area contributed by atoms with Gasteiger partial charge in [0.05, 0.1) is 12.2 Å². The Morgan fingerprint density at radius 3 is 2.90 bits per heavy atom. The molecule has 2 heterocycles. The highest BCUT2D eigenvalue weighted by Crippen LogP contribution is 2.18. The second-order valence-electron chi connectivity index (χ2n) is 4.53. The van der Waals surface area contributed by atoms with E-state index in [1.165, 1.54) is 0 Å². The van der Waals surface area contributed by atoms with Crippen LogP contribution in [0.2, 0.25) is 0 Å². The van der Waals surface area contributed by atoms with Crippen LogP contribution in [-0.2, 0) is 17.9 Å². The quantitative estimate of drug-likeness (QED) is 0.838. The summed E-state index contributed by atoms with van der Waals surface area (Å²) >= 11 is 0. The zero-order valence-corrected chi connectivity index (χ0v) is 10.9. The first-order valence-corrected chi connectivity index (χ1v) is 6.42. The Labute approximate surface area is 117 Å². The van der Waals surface area contributed by atoms with Crippen molar-refractivity contribution in [2.24, 2.45) is 0 Å². The minimum atomic E-state index is -0.348. The van der Waals surface area contributed by atoms with E-state index in [0.717, 1.165) is 16.8 Å². The lowest BCUT2D eigenvalue weighted by molar-refractivity contribution is 0.108. The standard InChI is InChI=1S/C16H14N2O2/c19-16(20-12-13-5-2-1-3-6-13)18-10-8-15-14(11-18)7-4-9-17-15/h1-10H,11-12H2. The number of amides is 1. The molecule has 1 aromatic heterocycles. The van der Waals surface area contributed by atoms with E-state index < -0.39 is 0 Å². The van der Waals surface area contributed by atoms with Crippen LogP contribution in [0.15, 0.2) is 54.9 Å². The molecule has 0 N–H and O–H groups in total. The van der Waals surface area contributed by atoms with E-state index in [1.807, 2.05) is 48.5 Å². The highest BCUT2D eigenvalue weighted by molar-refractivity contribution is 5.71. The van der Waals surface area contributed by atoms with E-state index >= 15 is 0 Å². The fourth-order valence-electron chi connectivity index (χ4n) is 2.06. The SMILES string of the molecule is O=C(OCc1ccccc1)N1C=Cc2ncccc2C1. The number of carbonyl (C=O) groups is 1. The molecule has 0 unspecified atom stereocenters. The molecule has 0 saturated heterocycles. The molecule has 20 heavy (non-hydrogen) atoms. The van der Waals surface area contributed by atoms with Gasteiger partial charge in [-0.2, -0.15) is 0 Å². The summed E-state index contributed by atoms with van der Waals surface area (Å²) in [7, 11) is 0. The average molecular weight is 266 g/mol. The van der Waals surface area contributed by atoms with Crippen molar-refractivity contribution in [3.8, 4) is 0 Å². The molecule has 1 aromatic carbocycles. The fourth-order valence-corrected chi connectivity index (χ4v) is 2.06. The topological polar surface area (TPSA) is 42.4 Å². The number of aromatic nitrogens is 1. The van der Waals surface area contributed by atoms with Crippen LogP contribution in [-0.4, -0.2) is 16.0 Å². The normalized spacial score (nSPS) is 12.9. The van der Waals surface area contributed by atoms with Gasteiger partial charge in [-0.3, -0.25) is 9.88 Å². The number of nitrogens with zero attached hydrogens (tertiary/aromatic N) is 2.